The van der Waals surface area contributed by atoms with E-state index in [1.807, 2.05) is 47.3 Å². The number of β-amino-alcohol motifs (C(OH)–C–C–N with tert-alkyl or cyclic N) is 1. The van der Waals surface area contributed by atoms with Gasteiger partial charge in [0.15, 0.2) is 0 Å². The van der Waals surface area contributed by atoms with Crippen molar-refractivity contribution in [2.45, 2.75) is 26.0 Å². The van der Waals surface area contributed by atoms with Gasteiger partial charge in [0.2, 0.25) is 0 Å². The van der Waals surface area contributed by atoms with Gasteiger partial charge < -0.3 is 20.3 Å². The monoisotopic (exact) mass is 416 g/mol. The highest BCUT2D eigenvalue weighted by Gasteiger charge is 2.24. The van der Waals surface area contributed by atoms with Crippen molar-refractivity contribution in [1.82, 2.24) is 24.6 Å². The van der Waals surface area contributed by atoms with Crippen LogP contribution in [0.2, 0.25) is 0 Å². The Morgan fingerprint density at radius 2 is 2.06 bits per heavy atom. The summed E-state index contributed by atoms with van der Waals surface area (Å²) >= 11 is 0. The first-order chi connectivity index (χ1) is 15.1. The molecule has 4 heterocycles. The van der Waals surface area contributed by atoms with Gasteiger partial charge in [-0.3, -0.25) is 4.68 Å². The second-order valence-electron chi connectivity index (χ2n) is 7.74. The molecule has 1 aliphatic rings. The molecule has 0 bridgehead atoms. The van der Waals surface area contributed by atoms with Crippen molar-refractivity contribution in [3.05, 3.63) is 55.0 Å². The molecule has 1 aliphatic heterocycles. The average molecular weight is 416 g/mol. The summed E-state index contributed by atoms with van der Waals surface area (Å²) in [7, 11) is 0. The fourth-order valence-electron chi connectivity index (χ4n) is 4.03. The number of anilines is 1. The molecule has 31 heavy (non-hydrogen) atoms. The molecule has 0 spiro atoms. The Labute approximate surface area is 179 Å². The maximum Gasteiger partial charge on any atom is 0.321 e. The van der Waals surface area contributed by atoms with Crippen molar-refractivity contribution in [3.63, 3.8) is 0 Å². The van der Waals surface area contributed by atoms with Gasteiger partial charge in [-0.25, -0.2) is 9.78 Å². The molecular weight excluding hydrogens is 392 g/mol. The van der Waals surface area contributed by atoms with E-state index >= 15 is 0 Å². The van der Waals surface area contributed by atoms with Crippen molar-refractivity contribution in [1.29, 1.82) is 0 Å². The van der Waals surface area contributed by atoms with Crippen LogP contribution in [-0.2, 0) is 6.54 Å². The van der Waals surface area contributed by atoms with Crippen molar-refractivity contribution in [2.75, 3.05) is 18.4 Å². The van der Waals surface area contributed by atoms with Crippen LogP contribution in [0.15, 0.2) is 55.0 Å². The number of H-pyrrole nitrogens is 1. The van der Waals surface area contributed by atoms with Crippen LogP contribution in [0, 0.1) is 0 Å². The first kappa shape index (κ1) is 19.3. The normalized spacial score (nSPS) is 16.2. The number of aromatic nitrogens is 4. The van der Waals surface area contributed by atoms with Gasteiger partial charge in [-0.05, 0) is 43.2 Å². The third-order valence-corrected chi connectivity index (χ3v) is 5.70. The Morgan fingerprint density at radius 1 is 1.23 bits per heavy atom. The second kappa shape index (κ2) is 7.88. The highest BCUT2D eigenvalue weighted by atomic mass is 16.3. The smallest absolute Gasteiger partial charge is 0.321 e. The molecule has 0 aliphatic carbocycles. The van der Waals surface area contributed by atoms with Gasteiger partial charge in [0.05, 0.1) is 6.10 Å². The number of rotatable bonds is 4. The number of carbonyl (C=O) groups excluding carboxylic acids is 1. The fourth-order valence-corrected chi connectivity index (χ4v) is 4.03. The number of fused-ring (bicyclic) bond motifs is 1. The van der Waals surface area contributed by atoms with E-state index in [0.717, 1.165) is 40.0 Å². The zero-order chi connectivity index (χ0) is 21.4. The van der Waals surface area contributed by atoms with Crippen LogP contribution in [0.1, 0.15) is 13.3 Å². The predicted octanol–water partition coefficient (Wildman–Crippen LogP) is 3.71. The predicted molar refractivity (Wildman–Crippen MR) is 120 cm³/mol. The van der Waals surface area contributed by atoms with E-state index in [-0.39, 0.29) is 6.03 Å². The third-order valence-electron chi connectivity index (χ3n) is 5.70. The highest BCUT2D eigenvalue weighted by Crippen LogP contribution is 2.35. The molecule has 0 saturated carbocycles. The Kier molecular flexibility index (Phi) is 4.91. The molecule has 8 nitrogen and oxygen atoms in total. The lowest BCUT2D eigenvalue weighted by Gasteiger charge is -2.16. The van der Waals surface area contributed by atoms with E-state index < -0.39 is 6.10 Å². The Morgan fingerprint density at radius 3 is 2.81 bits per heavy atom. The molecule has 1 fully saturated rings. The number of nitrogens with zero attached hydrogens (tertiary/aromatic N) is 4. The molecular formula is C23H24N6O2. The zero-order valence-electron chi connectivity index (χ0n) is 17.2. The molecule has 158 valence electrons. The zero-order valence-corrected chi connectivity index (χ0v) is 17.2. The number of aliphatic hydroxyl groups is 1. The lowest BCUT2D eigenvalue weighted by atomic mass is 10.0. The van der Waals surface area contributed by atoms with Crippen molar-refractivity contribution >= 4 is 22.8 Å². The first-order valence-corrected chi connectivity index (χ1v) is 10.5. The minimum absolute atomic E-state index is 0.188. The van der Waals surface area contributed by atoms with Gasteiger partial charge in [0, 0.05) is 60.4 Å². The summed E-state index contributed by atoms with van der Waals surface area (Å²) in [6.07, 6.45) is 5.95. The number of aliphatic hydroxyl groups excluding tert-OH is 1. The second-order valence-corrected chi connectivity index (χ2v) is 7.74. The summed E-state index contributed by atoms with van der Waals surface area (Å²) < 4.78 is 1.93. The van der Waals surface area contributed by atoms with Gasteiger partial charge in [-0.15, -0.1) is 0 Å². The Balaban J connectivity index is 1.45. The number of carbonyl (C=O) groups is 1. The molecule has 8 heteroatoms. The molecule has 1 atom stereocenters. The Hall–Kier alpha value is -3.65. The van der Waals surface area contributed by atoms with Crippen LogP contribution in [0.25, 0.3) is 33.4 Å². The number of hydrogen-bond donors (Lipinski definition) is 3. The van der Waals surface area contributed by atoms with E-state index in [9.17, 15) is 9.90 Å². The summed E-state index contributed by atoms with van der Waals surface area (Å²) in [5, 5.41) is 18.4. The number of aryl methyl sites for hydroxylation is 1. The summed E-state index contributed by atoms with van der Waals surface area (Å²) in [4.78, 5) is 21.6. The minimum Gasteiger partial charge on any atom is -0.391 e. The first-order valence-electron chi connectivity index (χ1n) is 10.5. The molecule has 3 N–H and O–H groups in total. The number of amides is 2. The number of hydrogen-bond acceptors (Lipinski definition) is 4. The van der Waals surface area contributed by atoms with Gasteiger partial charge in [-0.1, -0.05) is 12.1 Å². The van der Waals surface area contributed by atoms with Crippen LogP contribution >= 0.6 is 0 Å². The van der Waals surface area contributed by atoms with E-state index in [1.165, 1.54) is 0 Å². The van der Waals surface area contributed by atoms with Gasteiger partial charge in [-0.2, -0.15) is 5.10 Å². The lowest BCUT2D eigenvalue weighted by Crippen LogP contribution is -2.33. The molecule has 1 aromatic carbocycles. The minimum atomic E-state index is -0.431. The highest BCUT2D eigenvalue weighted by molar-refractivity contribution is 5.97. The summed E-state index contributed by atoms with van der Waals surface area (Å²) in [5.41, 5.74) is 5.53. The average Bonchev–Trinajstić information content (AvgIpc) is 3.53. The number of pyridine rings is 1. The molecule has 3 aromatic heterocycles. The van der Waals surface area contributed by atoms with Gasteiger partial charge >= 0.3 is 6.03 Å². The quantitative estimate of drug-likeness (QED) is 0.472. The third kappa shape index (κ3) is 3.66. The van der Waals surface area contributed by atoms with Gasteiger partial charge in [0.1, 0.15) is 11.3 Å². The summed E-state index contributed by atoms with van der Waals surface area (Å²) in [6.45, 7) is 3.78. The van der Waals surface area contributed by atoms with Crippen LogP contribution < -0.4 is 5.32 Å². The van der Waals surface area contributed by atoms with Crippen molar-refractivity contribution < 1.29 is 9.90 Å². The Bertz CT molecular complexity index is 1230. The fraction of sp³-hybridized carbons (Fsp3) is 0.261. The number of benzene rings is 1. The van der Waals surface area contributed by atoms with Crippen LogP contribution in [0.3, 0.4) is 0 Å². The van der Waals surface area contributed by atoms with Crippen molar-refractivity contribution in [3.8, 4) is 22.4 Å². The van der Waals surface area contributed by atoms with Gasteiger partial charge in [0.25, 0.3) is 0 Å². The topological polar surface area (TPSA) is 99.1 Å². The summed E-state index contributed by atoms with van der Waals surface area (Å²) in [6, 6.07) is 11.5. The molecule has 0 radical (unpaired) electrons. The SMILES string of the molecule is CCn1cc(-c2ccnc3[nH]ccc23)c(-c2ccc(NC(=O)N3CCC(O)C3)cc2)n1. The van der Waals surface area contributed by atoms with E-state index in [4.69, 9.17) is 5.10 Å². The standard InChI is InChI=1S/C23H24N6O2/c1-2-29-14-20(18-7-10-24-22-19(18)8-11-25-22)21(27-29)15-3-5-16(6-4-15)26-23(31)28-12-9-17(30)13-28/h3-8,10-11,14,17,30H,2,9,12-13H2,1H3,(H,24,25)(H,26,31). The van der Waals surface area contributed by atoms with Crippen LogP contribution in [-0.4, -0.2) is 55.0 Å². The molecule has 5 rings (SSSR count). The molecule has 4 aromatic rings. The van der Waals surface area contributed by atoms with E-state index in [0.29, 0.717) is 25.2 Å². The maximum atomic E-state index is 12.4. The van der Waals surface area contributed by atoms with Crippen molar-refractivity contribution in [2.24, 2.45) is 0 Å². The number of nitrogens with one attached hydrogen (secondary N) is 2. The lowest BCUT2D eigenvalue weighted by molar-refractivity contribution is 0.176. The largest absolute Gasteiger partial charge is 0.391 e. The van der Waals surface area contributed by atoms with Crippen LogP contribution in [0.4, 0.5) is 10.5 Å². The number of likely N-dealkylation sites (tertiary alicyclic amines) is 1. The van der Waals surface area contributed by atoms with E-state index in [2.05, 4.69) is 28.4 Å². The molecule has 1 saturated heterocycles. The molecule has 2 amide bonds. The number of urea groups is 1. The molecule has 1 unspecified atom stereocenters. The summed E-state index contributed by atoms with van der Waals surface area (Å²) in [5.74, 6) is 0. The maximum absolute atomic E-state index is 12.4. The van der Waals surface area contributed by atoms with Crippen LogP contribution in [0.5, 0.6) is 0 Å². The number of aromatic amines is 1. The van der Waals surface area contributed by atoms with E-state index in [1.54, 1.807) is 11.1 Å².